The molecule has 0 atom stereocenters. The monoisotopic (exact) mass is 1090 g/mol. The van der Waals surface area contributed by atoms with Gasteiger partial charge in [-0.3, -0.25) is 32.9 Å². The predicted molar refractivity (Wildman–Crippen MR) is 251 cm³/mol. The molecule has 0 amide bonds. The van der Waals surface area contributed by atoms with Crippen LogP contribution in [0.25, 0.3) is 44.8 Å². The van der Waals surface area contributed by atoms with E-state index in [0.717, 1.165) is 9.13 Å². The summed E-state index contributed by atoms with van der Waals surface area (Å²) in [6, 6.07) is 35.0. The van der Waals surface area contributed by atoms with Crippen LogP contribution < -0.4 is 142 Å². The number of fused-ring (bicyclic) bond motifs is 2. The van der Waals surface area contributed by atoms with E-state index >= 15 is 0 Å². The Balaban J connectivity index is 0.000000549. The molecule has 8 rings (SSSR count). The molecule has 328 valence electrons. The minimum absolute atomic E-state index is 0. The van der Waals surface area contributed by atoms with Gasteiger partial charge in [0.15, 0.2) is 0 Å². The summed E-state index contributed by atoms with van der Waals surface area (Å²) in [7, 11) is 1.99. The van der Waals surface area contributed by atoms with Crippen LogP contribution >= 0.6 is 46.6 Å². The van der Waals surface area contributed by atoms with Gasteiger partial charge in [-0.05, 0) is 59.7 Å². The van der Waals surface area contributed by atoms with Gasteiger partial charge in [0, 0.05) is 14.1 Å². The number of nitrogens with one attached hydrogen (secondary N) is 1. The van der Waals surface area contributed by atoms with Gasteiger partial charge in [0.25, 0.3) is 17.6 Å². The van der Waals surface area contributed by atoms with Crippen molar-refractivity contribution in [3.8, 4) is 22.7 Å². The maximum absolute atomic E-state index is 13.5. The summed E-state index contributed by atoms with van der Waals surface area (Å²) in [6.45, 7) is -0.181. The topological polar surface area (TPSA) is 210 Å². The van der Waals surface area contributed by atoms with Crippen molar-refractivity contribution >= 4 is 75.1 Å². The number of carbonyl (C=O) groups is 1. The first-order chi connectivity index (χ1) is 30.9. The van der Waals surface area contributed by atoms with Crippen LogP contribution in [0, 0.1) is 4.64 Å². The maximum atomic E-state index is 13.5. The quantitative estimate of drug-likeness (QED) is 0.0222. The SMILES string of the molecule is CI.CSc1nc(=O)n(C)c2c1c(=O)n(-c1ccccc1)c(=O)n2-c1ccccc1.Cn1c(=O)[nH]c(=S)c2c(=O)n(-c3ccccc3)c(=O)n(-c3ccccc3)c21.O=CO[O-].[2H]CF.[H-].[K+].[K+]. The molecule has 0 fully saturated rings. The molecule has 0 bridgehead atoms. The van der Waals surface area contributed by atoms with Crippen LogP contribution in [-0.4, -0.2) is 62.2 Å². The normalized spacial score (nSPS) is 10.0. The summed E-state index contributed by atoms with van der Waals surface area (Å²) in [5, 5.41) is 9.04. The summed E-state index contributed by atoms with van der Waals surface area (Å²) >= 11 is 8.60. The van der Waals surface area contributed by atoms with Crippen LogP contribution in [-0.2, 0) is 23.8 Å². The molecule has 0 aliphatic heterocycles. The molecule has 1 N–H and O–H groups in total. The number of alkyl halides is 2. The molecule has 65 heavy (non-hydrogen) atoms. The van der Waals surface area contributed by atoms with E-state index in [0.29, 0.717) is 22.7 Å². The van der Waals surface area contributed by atoms with Crippen LogP contribution in [0.15, 0.2) is 155 Å². The van der Waals surface area contributed by atoms with Gasteiger partial charge in [-0.25, -0.2) is 37.4 Å². The fourth-order valence-electron chi connectivity index (χ4n) is 6.24. The molecule has 4 heterocycles. The van der Waals surface area contributed by atoms with E-state index in [1.807, 2.05) is 23.1 Å². The van der Waals surface area contributed by atoms with Crippen molar-refractivity contribution in [2.24, 2.45) is 14.1 Å². The van der Waals surface area contributed by atoms with E-state index in [1.165, 1.54) is 44.1 Å². The molecule has 0 radical (unpaired) electrons. The van der Waals surface area contributed by atoms with Gasteiger partial charge >= 0.3 is 126 Å². The second-order valence-electron chi connectivity index (χ2n) is 12.2. The number of thioether (sulfide) groups is 1. The minimum atomic E-state index is -1.00. The first-order valence-electron chi connectivity index (χ1n) is 18.6. The predicted octanol–water partition coefficient (Wildman–Crippen LogP) is -1.95. The number of benzene rings is 4. The maximum Gasteiger partial charge on any atom is 1.00 e. The van der Waals surface area contributed by atoms with Gasteiger partial charge < -0.3 is 11.6 Å². The van der Waals surface area contributed by atoms with Crippen LogP contribution in [0.4, 0.5) is 4.39 Å². The van der Waals surface area contributed by atoms with Crippen LogP contribution in [0.3, 0.4) is 0 Å². The molecular weight excluding hydrogens is 1050 g/mol. The van der Waals surface area contributed by atoms with Crippen LogP contribution in [0.5, 0.6) is 0 Å². The number of rotatable bonds is 6. The number of hydrogen-bond acceptors (Lipinski definition) is 12. The Kier molecular flexibility index (Phi) is 24.0. The fraction of sp³-hybridized carbons (Fsp3) is 0.119. The van der Waals surface area contributed by atoms with E-state index in [2.05, 4.69) is 37.4 Å². The standard InChI is InChI=1S/C20H16N4O3S.C19H14N4O3S.CH3F.CH3I.CH2O3.2K.H/c1-22-17-15(16(28-2)21-19(22)26)18(25)24(14-11-7-4-8-12-14)20(27)23(17)13-9-5-3-6-10-13;1-21-16-14(15(27)20-18(21)25)17(24)23(13-10-6-3-7-11-13)19(26)22(16)12-8-4-2-5-9-12;2*1-2;2-1-4-3;;;/h3-12H,1-2H3;2-11H,1H3,(H,20,25,27);2*1H3;1,3H;;;/q;;;;;2*+1;-1/p-1/i;;1D;;;;;. The average Bonchev–Trinajstić information content (AvgIpc) is 3.31. The third kappa shape index (κ3) is 12.7. The van der Waals surface area contributed by atoms with E-state index < -0.39 is 41.0 Å². The van der Waals surface area contributed by atoms with Crippen molar-refractivity contribution in [1.82, 2.24) is 37.4 Å². The Hall–Kier alpha value is -3.55. The Morgan fingerprint density at radius 2 is 1.02 bits per heavy atom. The van der Waals surface area contributed by atoms with Crippen molar-refractivity contribution in [1.29, 1.82) is 0 Å². The number of aromatic amines is 1. The summed E-state index contributed by atoms with van der Waals surface area (Å²) in [5.74, 6) is 0. The van der Waals surface area contributed by atoms with Crippen molar-refractivity contribution in [2.75, 3.05) is 18.3 Å². The van der Waals surface area contributed by atoms with Gasteiger partial charge in [0.1, 0.15) is 31.7 Å². The molecule has 17 nitrogen and oxygen atoms in total. The molecule has 0 unspecified atom stereocenters. The number of carbonyl (C=O) groups excluding carboxylic acids is 1. The molecule has 0 saturated carbocycles. The van der Waals surface area contributed by atoms with Crippen LogP contribution in [0.1, 0.15) is 2.80 Å². The van der Waals surface area contributed by atoms with Gasteiger partial charge in [-0.2, -0.15) is 4.98 Å². The van der Waals surface area contributed by atoms with Gasteiger partial charge in [0.05, 0.1) is 31.3 Å². The third-order valence-corrected chi connectivity index (χ3v) is 9.83. The molecule has 0 aliphatic carbocycles. The minimum Gasteiger partial charge on any atom is -1.00 e. The number of aromatic nitrogens is 8. The molecule has 4 aromatic carbocycles. The van der Waals surface area contributed by atoms with Crippen molar-refractivity contribution in [3.05, 3.63) is 189 Å². The van der Waals surface area contributed by atoms with E-state index in [-0.39, 0.29) is 142 Å². The molecular formula is C42H38FIK2N8O9S2. The summed E-state index contributed by atoms with van der Waals surface area (Å²) < 4.78 is 22.8. The molecule has 0 aliphatic rings. The van der Waals surface area contributed by atoms with Crippen molar-refractivity contribution in [3.63, 3.8) is 0 Å². The van der Waals surface area contributed by atoms with Gasteiger partial charge in [-0.15, -0.1) is 11.8 Å². The zero-order chi connectivity index (χ0) is 47.1. The van der Waals surface area contributed by atoms with E-state index in [9.17, 15) is 33.2 Å². The van der Waals surface area contributed by atoms with Gasteiger partial charge in [-0.1, -0.05) is 108 Å². The Labute approximate surface area is 479 Å². The number of halogens is 2. The second-order valence-corrected chi connectivity index (χ2v) is 13.4. The molecule has 0 saturated heterocycles. The van der Waals surface area contributed by atoms with Crippen molar-refractivity contribution in [2.45, 2.75) is 5.03 Å². The second kappa shape index (κ2) is 27.9. The molecule has 8 aromatic rings. The largest absolute Gasteiger partial charge is 1.00 e. The first kappa shape index (κ1) is 55.8. The first-order valence-corrected chi connectivity index (χ1v) is 21.7. The summed E-state index contributed by atoms with van der Waals surface area (Å²) in [4.78, 5) is 97.7. The zero-order valence-corrected chi connectivity index (χ0v) is 45.7. The summed E-state index contributed by atoms with van der Waals surface area (Å²) in [6.07, 6.45) is 1.74. The number of nitrogens with zero attached hydrogens (tertiary/aromatic N) is 7. The number of hydrogen-bond donors (Lipinski definition) is 1. The Bertz CT molecular complexity index is 3330. The Morgan fingerprint density at radius 3 is 1.35 bits per heavy atom. The molecule has 4 aromatic heterocycles. The zero-order valence-electron chi connectivity index (χ0n) is 37.7. The van der Waals surface area contributed by atoms with Crippen LogP contribution in [0.2, 0.25) is 0 Å². The smallest absolute Gasteiger partial charge is 1.00 e. The fourth-order valence-corrected chi connectivity index (χ4v) is 7.06. The van der Waals surface area contributed by atoms with Crippen molar-refractivity contribution < 1.29 is 125 Å². The molecule has 0 spiro atoms. The van der Waals surface area contributed by atoms with E-state index in [4.69, 9.17) is 23.6 Å². The summed E-state index contributed by atoms with van der Waals surface area (Å²) in [5.41, 5.74) is -0.948. The third-order valence-electron chi connectivity index (χ3n) is 8.85. The number of H-pyrrole nitrogens is 1. The molecule has 23 heteroatoms. The average molecular weight is 1090 g/mol. The van der Waals surface area contributed by atoms with E-state index in [1.54, 1.807) is 109 Å². The number of para-hydroxylation sites is 4. The Morgan fingerprint density at radius 1 is 0.692 bits per heavy atom. The number of aryl methyl sites for hydroxylation is 2. The van der Waals surface area contributed by atoms with Gasteiger partial charge in [0.2, 0.25) is 0 Å².